The SMILES string of the molecule is CC.O=P(Cl)(Cl)Cl.O=c1[nH]cnc2c1cnn2-c1ccccc1. The molecule has 0 saturated carbocycles. The van der Waals surface area contributed by atoms with Crippen LogP contribution < -0.4 is 5.56 Å². The van der Waals surface area contributed by atoms with Gasteiger partial charge in [0.05, 0.1) is 18.2 Å². The lowest BCUT2D eigenvalue weighted by molar-refractivity contribution is 0.600. The average Bonchev–Trinajstić information content (AvgIpc) is 2.94. The van der Waals surface area contributed by atoms with E-state index in [9.17, 15) is 9.36 Å². The normalized spacial score (nSPS) is 10.3. The molecule has 0 aliphatic carbocycles. The number of rotatable bonds is 1. The Balaban J connectivity index is 0.000000327. The molecule has 0 saturated heterocycles. The number of H-pyrrole nitrogens is 1. The Morgan fingerprint density at radius 2 is 1.70 bits per heavy atom. The van der Waals surface area contributed by atoms with E-state index in [4.69, 9.17) is 0 Å². The Kier molecular flexibility index (Phi) is 7.79. The van der Waals surface area contributed by atoms with Crippen molar-refractivity contribution in [3.63, 3.8) is 0 Å². The van der Waals surface area contributed by atoms with E-state index in [0.717, 1.165) is 5.69 Å². The van der Waals surface area contributed by atoms with Crippen LogP contribution in [-0.2, 0) is 4.57 Å². The highest BCUT2D eigenvalue weighted by Gasteiger charge is 2.07. The van der Waals surface area contributed by atoms with Gasteiger partial charge in [-0.25, -0.2) is 9.67 Å². The monoisotopic (exact) mass is 394 g/mol. The molecule has 3 rings (SSSR count). The molecule has 6 nitrogen and oxygen atoms in total. The fraction of sp³-hybridized carbons (Fsp3) is 0.154. The molecule has 0 fully saturated rings. The number of fused-ring (bicyclic) bond motifs is 1. The maximum atomic E-state index is 11.5. The zero-order valence-corrected chi connectivity index (χ0v) is 15.4. The second kappa shape index (κ2) is 9.08. The Morgan fingerprint density at radius 3 is 2.26 bits per heavy atom. The summed E-state index contributed by atoms with van der Waals surface area (Å²) < 4.78 is 11.2. The van der Waals surface area contributed by atoms with Gasteiger partial charge in [0.25, 0.3) is 5.56 Å². The minimum absolute atomic E-state index is 0.174. The van der Waals surface area contributed by atoms with Crippen LogP contribution in [0.25, 0.3) is 16.7 Å². The molecule has 1 N–H and O–H groups in total. The first-order chi connectivity index (χ1) is 10.9. The third kappa shape index (κ3) is 6.36. The van der Waals surface area contributed by atoms with Crippen LogP contribution in [0.2, 0.25) is 0 Å². The lowest BCUT2D eigenvalue weighted by atomic mass is 10.3. The first kappa shape index (κ1) is 19.7. The first-order valence-electron chi connectivity index (χ1n) is 6.52. The van der Waals surface area contributed by atoms with Crippen molar-refractivity contribution >= 4 is 50.0 Å². The van der Waals surface area contributed by atoms with Gasteiger partial charge in [-0.2, -0.15) is 5.10 Å². The predicted octanol–water partition coefficient (Wildman–Crippen LogP) is 4.95. The van der Waals surface area contributed by atoms with Crippen LogP contribution in [0.1, 0.15) is 13.8 Å². The van der Waals surface area contributed by atoms with E-state index in [1.54, 1.807) is 4.68 Å². The van der Waals surface area contributed by atoms with Crippen LogP contribution >= 0.6 is 38.9 Å². The molecule has 0 spiro atoms. The molecule has 0 aliphatic heterocycles. The standard InChI is InChI=1S/C11H8N4O.C2H6.Cl3OP/c16-11-9-6-14-15(10(9)12-7-13-11)8-4-2-1-3-5-8;1-2;1-5(2,3)4/h1-7H,(H,12,13,16);1-2H3;. The van der Waals surface area contributed by atoms with Crippen molar-refractivity contribution in [1.82, 2.24) is 19.7 Å². The van der Waals surface area contributed by atoms with E-state index in [1.165, 1.54) is 12.5 Å². The summed E-state index contributed by atoms with van der Waals surface area (Å²) in [6.07, 6.45) is 2.90. The van der Waals surface area contributed by atoms with E-state index in [2.05, 4.69) is 48.8 Å². The van der Waals surface area contributed by atoms with E-state index < -0.39 is 5.20 Å². The average molecular weight is 396 g/mol. The summed E-state index contributed by atoms with van der Waals surface area (Å²) in [5.74, 6) is 0. The number of nitrogens with one attached hydrogen (secondary N) is 1. The summed E-state index contributed by atoms with van der Waals surface area (Å²) in [6.45, 7) is 4.00. The number of halogens is 3. The Morgan fingerprint density at radius 1 is 1.13 bits per heavy atom. The summed E-state index contributed by atoms with van der Waals surface area (Å²) in [5.41, 5.74) is 1.28. The van der Waals surface area contributed by atoms with Crippen molar-refractivity contribution in [2.45, 2.75) is 13.8 Å². The second-order valence-electron chi connectivity index (χ2n) is 3.76. The summed E-state index contributed by atoms with van der Waals surface area (Å²) in [4.78, 5) is 18.1. The summed E-state index contributed by atoms with van der Waals surface area (Å²) in [6, 6.07) is 9.58. The minimum atomic E-state index is -3.22. The number of aromatic nitrogens is 4. The predicted molar refractivity (Wildman–Crippen MR) is 96.0 cm³/mol. The highest BCUT2D eigenvalue weighted by molar-refractivity contribution is 8.24. The van der Waals surface area contributed by atoms with Crippen LogP contribution in [0.4, 0.5) is 0 Å². The first-order valence-corrected chi connectivity index (χ1v) is 10.9. The molecule has 10 heteroatoms. The maximum Gasteiger partial charge on any atom is 0.339 e. The van der Waals surface area contributed by atoms with E-state index >= 15 is 0 Å². The smallest absolute Gasteiger partial charge is 0.312 e. The van der Waals surface area contributed by atoms with Crippen molar-refractivity contribution in [2.24, 2.45) is 0 Å². The van der Waals surface area contributed by atoms with Crippen LogP contribution in [-0.4, -0.2) is 19.7 Å². The molecule has 0 radical (unpaired) electrons. The molecule has 2 heterocycles. The lowest BCUT2D eigenvalue weighted by Gasteiger charge is -2.00. The molecule has 0 atom stereocenters. The highest BCUT2D eigenvalue weighted by atomic mass is 36.0. The number of aromatic amines is 1. The fourth-order valence-corrected chi connectivity index (χ4v) is 1.61. The maximum absolute atomic E-state index is 11.5. The zero-order chi connectivity index (χ0) is 17.5. The van der Waals surface area contributed by atoms with Gasteiger partial charge in [-0.3, -0.25) is 9.36 Å². The Labute approximate surface area is 147 Å². The minimum Gasteiger partial charge on any atom is -0.312 e. The number of hydrogen-bond donors (Lipinski definition) is 1. The van der Waals surface area contributed by atoms with Crippen molar-refractivity contribution in [3.8, 4) is 5.69 Å². The number of para-hydroxylation sites is 1. The Hall–Kier alpha value is -1.33. The van der Waals surface area contributed by atoms with E-state index in [1.807, 2.05) is 44.2 Å². The third-order valence-corrected chi connectivity index (χ3v) is 2.37. The highest BCUT2D eigenvalue weighted by Crippen LogP contribution is 2.61. The molecule has 1 aromatic carbocycles. The molecule has 23 heavy (non-hydrogen) atoms. The van der Waals surface area contributed by atoms with Gasteiger partial charge in [0.2, 0.25) is 0 Å². The number of benzene rings is 1. The molecule has 0 amide bonds. The van der Waals surface area contributed by atoms with Crippen LogP contribution in [0.3, 0.4) is 0 Å². The molecule has 3 aromatic rings. The topological polar surface area (TPSA) is 80.6 Å². The molecular formula is C13H14Cl3N4O2P. The second-order valence-corrected chi connectivity index (χ2v) is 10.4. The van der Waals surface area contributed by atoms with Gasteiger partial charge in [-0.05, 0) is 45.9 Å². The summed E-state index contributed by atoms with van der Waals surface area (Å²) in [5, 5.41) is 1.43. The summed E-state index contributed by atoms with van der Waals surface area (Å²) >= 11 is 13.8. The van der Waals surface area contributed by atoms with E-state index in [0.29, 0.717) is 11.0 Å². The number of hydrogen-bond acceptors (Lipinski definition) is 4. The molecule has 0 unspecified atom stereocenters. The van der Waals surface area contributed by atoms with Gasteiger partial charge >= 0.3 is 5.20 Å². The van der Waals surface area contributed by atoms with Gasteiger partial charge in [-0.15, -0.1) is 0 Å². The fourth-order valence-electron chi connectivity index (χ4n) is 1.61. The molecule has 0 aliphatic rings. The van der Waals surface area contributed by atoms with Gasteiger partial charge in [0, 0.05) is 0 Å². The molecular weight excluding hydrogens is 382 g/mol. The van der Waals surface area contributed by atoms with Gasteiger partial charge < -0.3 is 4.98 Å². The van der Waals surface area contributed by atoms with Crippen LogP contribution in [0.15, 0.2) is 47.7 Å². The molecule has 124 valence electrons. The van der Waals surface area contributed by atoms with Crippen molar-refractivity contribution in [3.05, 3.63) is 53.2 Å². The van der Waals surface area contributed by atoms with Crippen LogP contribution in [0.5, 0.6) is 0 Å². The van der Waals surface area contributed by atoms with Crippen molar-refractivity contribution in [2.75, 3.05) is 0 Å². The largest absolute Gasteiger partial charge is 0.339 e. The summed E-state index contributed by atoms with van der Waals surface area (Å²) in [7, 11) is 0. The Bertz CT molecular complexity index is 837. The van der Waals surface area contributed by atoms with Crippen molar-refractivity contribution < 1.29 is 4.57 Å². The van der Waals surface area contributed by atoms with E-state index in [-0.39, 0.29) is 5.56 Å². The van der Waals surface area contributed by atoms with Gasteiger partial charge in [0.15, 0.2) is 5.65 Å². The molecule has 0 bridgehead atoms. The quantitative estimate of drug-likeness (QED) is 0.591. The third-order valence-electron chi connectivity index (χ3n) is 2.37. The lowest BCUT2D eigenvalue weighted by Crippen LogP contribution is -2.06. The van der Waals surface area contributed by atoms with Crippen molar-refractivity contribution in [1.29, 1.82) is 0 Å². The van der Waals surface area contributed by atoms with Crippen LogP contribution in [0, 0.1) is 0 Å². The van der Waals surface area contributed by atoms with Gasteiger partial charge in [-0.1, -0.05) is 32.0 Å². The van der Waals surface area contributed by atoms with Gasteiger partial charge in [0.1, 0.15) is 5.39 Å². The molecule has 2 aromatic heterocycles. The zero-order valence-electron chi connectivity index (χ0n) is 12.3. The number of nitrogens with zero attached hydrogens (tertiary/aromatic N) is 3.